The van der Waals surface area contributed by atoms with Gasteiger partial charge in [-0.3, -0.25) is 4.79 Å². The number of anilines is 2. The molecule has 0 unspecified atom stereocenters. The van der Waals surface area contributed by atoms with E-state index in [1.807, 2.05) is 67.6 Å². The quantitative estimate of drug-likeness (QED) is 0.755. The normalized spacial score (nSPS) is 13.6. The van der Waals surface area contributed by atoms with Crippen molar-refractivity contribution in [1.29, 1.82) is 0 Å². The number of carbonyl (C=O) groups is 1. The number of aryl methyl sites for hydroxylation is 1. The standard InChI is InChI=1S/C22H22N4O/c1-16-6-2-3-7-19(16)23-22(27)18-10-8-17(9-11-18)20-12-13-21(25-24-20)26-14-4-5-15-26/h2-3,6-13H,4-5,14-15H2,1H3,(H,23,27). The molecule has 0 saturated carbocycles. The SMILES string of the molecule is Cc1ccccc1NC(=O)c1ccc(-c2ccc(N3CCCC3)nn2)cc1. The first kappa shape index (κ1) is 17.2. The summed E-state index contributed by atoms with van der Waals surface area (Å²) in [6.07, 6.45) is 2.44. The number of benzene rings is 2. The van der Waals surface area contributed by atoms with Gasteiger partial charge in [0.05, 0.1) is 5.69 Å². The molecule has 0 radical (unpaired) electrons. The number of nitrogens with zero attached hydrogens (tertiary/aromatic N) is 3. The van der Waals surface area contributed by atoms with Gasteiger partial charge < -0.3 is 10.2 Å². The molecule has 0 bridgehead atoms. The van der Waals surface area contributed by atoms with Crippen LogP contribution in [0.25, 0.3) is 11.3 Å². The Morgan fingerprint density at radius 3 is 2.33 bits per heavy atom. The van der Waals surface area contributed by atoms with Crippen LogP contribution in [-0.2, 0) is 0 Å². The number of rotatable bonds is 4. The highest BCUT2D eigenvalue weighted by Gasteiger charge is 2.14. The van der Waals surface area contributed by atoms with Gasteiger partial charge in [-0.2, -0.15) is 0 Å². The molecular weight excluding hydrogens is 336 g/mol. The van der Waals surface area contributed by atoms with Crippen molar-refractivity contribution < 1.29 is 4.79 Å². The van der Waals surface area contributed by atoms with E-state index in [-0.39, 0.29) is 5.91 Å². The molecule has 2 heterocycles. The molecular formula is C22H22N4O. The maximum atomic E-state index is 12.5. The van der Waals surface area contributed by atoms with Crippen molar-refractivity contribution >= 4 is 17.4 Å². The Labute approximate surface area is 159 Å². The fourth-order valence-corrected chi connectivity index (χ4v) is 3.29. The molecule has 136 valence electrons. The predicted octanol–water partition coefficient (Wildman–Crippen LogP) is 4.30. The van der Waals surface area contributed by atoms with E-state index < -0.39 is 0 Å². The van der Waals surface area contributed by atoms with E-state index in [0.717, 1.165) is 41.4 Å². The monoisotopic (exact) mass is 358 g/mol. The molecule has 1 N–H and O–H groups in total. The van der Waals surface area contributed by atoms with Crippen LogP contribution >= 0.6 is 0 Å². The highest BCUT2D eigenvalue weighted by Crippen LogP contribution is 2.22. The molecule has 1 aliphatic rings. The summed E-state index contributed by atoms with van der Waals surface area (Å²) >= 11 is 0. The molecule has 0 aliphatic carbocycles. The van der Waals surface area contributed by atoms with E-state index in [9.17, 15) is 4.79 Å². The van der Waals surface area contributed by atoms with Gasteiger partial charge in [0.1, 0.15) is 0 Å². The number of para-hydroxylation sites is 1. The average Bonchev–Trinajstić information content (AvgIpc) is 3.25. The fourth-order valence-electron chi connectivity index (χ4n) is 3.29. The average molecular weight is 358 g/mol. The van der Waals surface area contributed by atoms with Crippen LogP contribution in [0.15, 0.2) is 60.7 Å². The number of hydrogen-bond acceptors (Lipinski definition) is 4. The van der Waals surface area contributed by atoms with Crippen LogP contribution in [0.1, 0.15) is 28.8 Å². The van der Waals surface area contributed by atoms with Crippen LogP contribution < -0.4 is 10.2 Å². The Kier molecular flexibility index (Phi) is 4.83. The Balaban J connectivity index is 1.47. The first-order valence-electron chi connectivity index (χ1n) is 9.27. The van der Waals surface area contributed by atoms with Crippen LogP contribution in [0.2, 0.25) is 0 Å². The Morgan fingerprint density at radius 2 is 1.67 bits per heavy atom. The predicted molar refractivity (Wildman–Crippen MR) is 108 cm³/mol. The third-order valence-corrected chi connectivity index (χ3v) is 4.92. The number of amides is 1. The molecule has 1 saturated heterocycles. The van der Waals surface area contributed by atoms with Gasteiger partial charge in [-0.05, 0) is 55.7 Å². The molecule has 5 heteroatoms. The molecule has 2 aromatic carbocycles. The molecule has 1 fully saturated rings. The summed E-state index contributed by atoms with van der Waals surface area (Å²) in [5.74, 6) is 0.816. The van der Waals surface area contributed by atoms with E-state index in [2.05, 4.69) is 20.4 Å². The van der Waals surface area contributed by atoms with Gasteiger partial charge in [-0.15, -0.1) is 10.2 Å². The van der Waals surface area contributed by atoms with Crippen LogP contribution in [0.3, 0.4) is 0 Å². The Morgan fingerprint density at radius 1 is 0.926 bits per heavy atom. The zero-order chi connectivity index (χ0) is 18.6. The Bertz CT molecular complexity index is 929. The van der Waals surface area contributed by atoms with Gasteiger partial charge in [-0.25, -0.2) is 0 Å². The number of carbonyl (C=O) groups excluding carboxylic acids is 1. The summed E-state index contributed by atoms with van der Waals surface area (Å²) in [7, 11) is 0. The summed E-state index contributed by atoms with van der Waals surface area (Å²) in [5, 5.41) is 11.7. The second-order valence-corrected chi connectivity index (χ2v) is 6.82. The maximum absolute atomic E-state index is 12.5. The number of aromatic nitrogens is 2. The van der Waals surface area contributed by atoms with Gasteiger partial charge in [0, 0.05) is 29.9 Å². The highest BCUT2D eigenvalue weighted by atomic mass is 16.1. The third-order valence-electron chi connectivity index (χ3n) is 4.92. The zero-order valence-corrected chi connectivity index (χ0v) is 15.4. The van der Waals surface area contributed by atoms with Gasteiger partial charge in [0.15, 0.2) is 5.82 Å². The molecule has 1 aliphatic heterocycles. The van der Waals surface area contributed by atoms with Gasteiger partial charge >= 0.3 is 0 Å². The minimum Gasteiger partial charge on any atom is -0.355 e. The second-order valence-electron chi connectivity index (χ2n) is 6.82. The summed E-state index contributed by atoms with van der Waals surface area (Å²) < 4.78 is 0. The first-order valence-corrected chi connectivity index (χ1v) is 9.27. The second kappa shape index (κ2) is 7.58. The van der Waals surface area contributed by atoms with Gasteiger partial charge in [0.2, 0.25) is 0 Å². The minimum absolute atomic E-state index is 0.119. The lowest BCUT2D eigenvalue weighted by atomic mass is 10.1. The van der Waals surface area contributed by atoms with Crippen LogP contribution in [-0.4, -0.2) is 29.2 Å². The largest absolute Gasteiger partial charge is 0.355 e. The fraction of sp³-hybridized carbons (Fsp3) is 0.227. The minimum atomic E-state index is -0.119. The molecule has 0 atom stereocenters. The van der Waals surface area contributed by atoms with Gasteiger partial charge in [-0.1, -0.05) is 30.3 Å². The molecule has 5 nitrogen and oxygen atoms in total. The smallest absolute Gasteiger partial charge is 0.255 e. The number of nitrogens with one attached hydrogen (secondary N) is 1. The Hall–Kier alpha value is -3.21. The van der Waals surface area contributed by atoms with Crippen LogP contribution in [0.5, 0.6) is 0 Å². The van der Waals surface area contributed by atoms with E-state index in [1.54, 1.807) is 0 Å². The zero-order valence-electron chi connectivity index (χ0n) is 15.4. The highest BCUT2D eigenvalue weighted by molar-refractivity contribution is 6.04. The lowest BCUT2D eigenvalue weighted by Gasteiger charge is -2.15. The molecule has 1 aromatic heterocycles. The van der Waals surface area contributed by atoms with Crippen molar-refractivity contribution in [2.75, 3.05) is 23.3 Å². The molecule has 4 rings (SSSR count). The third kappa shape index (κ3) is 3.82. The van der Waals surface area contributed by atoms with Crippen molar-refractivity contribution in [3.8, 4) is 11.3 Å². The summed E-state index contributed by atoms with van der Waals surface area (Å²) in [5.41, 5.74) is 4.24. The van der Waals surface area contributed by atoms with E-state index in [1.165, 1.54) is 12.8 Å². The van der Waals surface area contributed by atoms with E-state index in [0.29, 0.717) is 5.56 Å². The lowest BCUT2D eigenvalue weighted by molar-refractivity contribution is 0.102. The molecule has 27 heavy (non-hydrogen) atoms. The molecule has 0 spiro atoms. The van der Waals surface area contributed by atoms with E-state index >= 15 is 0 Å². The topological polar surface area (TPSA) is 58.1 Å². The maximum Gasteiger partial charge on any atom is 0.255 e. The molecule has 3 aromatic rings. The van der Waals surface area contributed by atoms with Crippen molar-refractivity contribution in [1.82, 2.24) is 10.2 Å². The summed E-state index contributed by atoms with van der Waals surface area (Å²) in [6, 6.07) is 19.2. The van der Waals surface area contributed by atoms with Gasteiger partial charge in [0.25, 0.3) is 5.91 Å². The van der Waals surface area contributed by atoms with Crippen molar-refractivity contribution in [2.24, 2.45) is 0 Å². The van der Waals surface area contributed by atoms with Crippen molar-refractivity contribution in [2.45, 2.75) is 19.8 Å². The van der Waals surface area contributed by atoms with Crippen molar-refractivity contribution in [3.63, 3.8) is 0 Å². The first-order chi connectivity index (χ1) is 13.2. The summed E-state index contributed by atoms with van der Waals surface area (Å²) in [6.45, 7) is 4.08. The van der Waals surface area contributed by atoms with E-state index in [4.69, 9.17) is 0 Å². The summed E-state index contributed by atoms with van der Waals surface area (Å²) in [4.78, 5) is 14.7. The van der Waals surface area contributed by atoms with Crippen LogP contribution in [0.4, 0.5) is 11.5 Å². The molecule has 1 amide bonds. The van der Waals surface area contributed by atoms with Crippen molar-refractivity contribution in [3.05, 3.63) is 71.8 Å². The van der Waals surface area contributed by atoms with Crippen LogP contribution in [0, 0.1) is 6.92 Å². The lowest BCUT2D eigenvalue weighted by Crippen LogP contribution is -2.19. The number of hydrogen-bond donors (Lipinski definition) is 1.